The van der Waals surface area contributed by atoms with E-state index in [4.69, 9.17) is 11.6 Å². The van der Waals surface area contributed by atoms with Gasteiger partial charge in [-0.2, -0.15) is 0 Å². The highest BCUT2D eigenvalue weighted by Gasteiger charge is 2.23. The summed E-state index contributed by atoms with van der Waals surface area (Å²) in [4.78, 5) is 21.2. The second-order valence-corrected chi connectivity index (χ2v) is 10.8. The van der Waals surface area contributed by atoms with E-state index in [-0.39, 0.29) is 27.4 Å². The molecule has 1 amide bonds. The van der Waals surface area contributed by atoms with Crippen molar-refractivity contribution in [2.75, 3.05) is 16.2 Å². The Bertz CT molecular complexity index is 1190. The normalized spacial score (nSPS) is 11.4. The predicted octanol–water partition coefficient (Wildman–Crippen LogP) is 5.10. The number of benzene rings is 2. The first-order valence-corrected chi connectivity index (χ1v) is 12.6. The van der Waals surface area contributed by atoms with Crippen molar-refractivity contribution in [1.82, 2.24) is 9.97 Å². The predicted molar refractivity (Wildman–Crippen MR) is 129 cm³/mol. The van der Waals surface area contributed by atoms with Crippen molar-refractivity contribution >= 4 is 50.7 Å². The number of thioether (sulfide) groups is 1. The fourth-order valence-corrected chi connectivity index (χ4v) is 5.22. The molecule has 0 bridgehead atoms. The third-order valence-corrected chi connectivity index (χ3v) is 7.38. The summed E-state index contributed by atoms with van der Waals surface area (Å²) in [5, 5.41) is 3.54. The molecule has 1 N–H and O–H groups in total. The van der Waals surface area contributed by atoms with E-state index in [1.165, 1.54) is 46.5 Å². The maximum absolute atomic E-state index is 13.1. The van der Waals surface area contributed by atoms with Gasteiger partial charge in [0.05, 0.1) is 21.8 Å². The lowest BCUT2D eigenvalue weighted by atomic mass is 10.3. The smallest absolute Gasteiger partial charge is 0.275 e. The molecule has 7 nitrogen and oxygen atoms in total. The first-order valence-electron chi connectivity index (χ1n) is 9.90. The van der Waals surface area contributed by atoms with Crippen LogP contribution in [0.25, 0.3) is 0 Å². The van der Waals surface area contributed by atoms with Crippen molar-refractivity contribution in [2.24, 2.45) is 0 Å². The standard InChI is InChI=1S/C22H23ClN4O3S2/c1-4-27(17-8-6-5-7-9-17)32(29,30)18-12-10-16(11-13-18)25-21(28)20-19(23)14-24-22(26-20)31-15(2)3/h5-15H,4H2,1-3H3,(H,25,28). The van der Waals surface area contributed by atoms with Crippen LogP contribution in [-0.2, 0) is 10.0 Å². The molecule has 2 aromatic carbocycles. The molecule has 0 aliphatic heterocycles. The number of amides is 1. The molecule has 3 aromatic rings. The van der Waals surface area contributed by atoms with Crippen LogP contribution in [0, 0.1) is 0 Å². The number of nitrogens with one attached hydrogen (secondary N) is 1. The highest BCUT2D eigenvalue weighted by Crippen LogP contribution is 2.25. The number of hydrogen-bond acceptors (Lipinski definition) is 6. The molecule has 0 radical (unpaired) electrons. The van der Waals surface area contributed by atoms with Crippen LogP contribution in [-0.4, -0.2) is 36.1 Å². The summed E-state index contributed by atoms with van der Waals surface area (Å²) in [6, 6.07) is 14.9. The Kier molecular flexibility index (Phi) is 7.76. The Labute approximate surface area is 197 Å². The van der Waals surface area contributed by atoms with Crippen molar-refractivity contribution in [2.45, 2.75) is 36.1 Å². The van der Waals surface area contributed by atoms with Gasteiger partial charge in [-0.1, -0.05) is 55.4 Å². The fraction of sp³-hybridized carbons (Fsp3) is 0.227. The van der Waals surface area contributed by atoms with E-state index in [9.17, 15) is 13.2 Å². The van der Waals surface area contributed by atoms with Crippen LogP contribution >= 0.6 is 23.4 Å². The Morgan fingerprint density at radius 2 is 1.78 bits per heavy atom. The van der Waals surface area contributed by atoms with Gasteiger partial charge in [-0.15, -0.1) is 0 Å². The average Bonchev–Trinajstić information content (AvgIpc) is 2.76. The van der Waals surface area contributed by atoms with Gasteiger partial charge in [0, 0.05) is 17.5 Å². The summed E-state index contributed by atoms with van der Waals surface area (Å²) >= 11 is 7.53. The lowest BCUT2D eigenvalue weighted by Gasteiger charge is -2.23. The molecular formula is C22H23ClN4O3S2. The van der Waals surface area contributed by atoms with E-state index >= 15 is 0 Å². The van der Waals surface area contributed by atoms with E-state index in [0.717, 1.165) is 0 Å². The summed E-state index contributed by atoms with van der Waals surface area (Å²) < 4.78 is 27.5. The minimum Gasteiger partial charge on any atom is -0.321 e. The first-order chi connectivity index (χ1) is 15.2. The molecule has 0 spiro atoms. The van der Waals surface area contributed by atoms with Crippen LogP contribution < -0.4 is 9.62 Å². The minimum atomic E-state index is -3.75. The largest absolute Gasteiger partial charge is 0.321 e. The first kappa shape index (κ1) is 24.0. The van der Waals surface area contributed by atoms with Gasteiger partial charge < -0.3 is 5.32 Å². The number of carbonyl (C=O) groups is 1. The zero-order valence-corrected chi connectivity index (χ0v) is 20.2. The Morgan fingerprint density at radius 3 is 2.38 bits per heavy atom. The summed E-state index contributed by atoms with van der Waals surface area (Å²) in [5.74, 6) is -0.502. The molecule has 1 aromatic heterocycles. The minimum absolute atomic E-state index is 0.0581. The lowest BCUT2D eigenvalue weighted by Crippen LogP contribution is -2.30. The zero-order valence-electron chi connectivity index (χ0n) is 17.8. The molecule has 0 saturated heterocycles. The molecule has 10 heteroatoms. The molecule has 0 saturated carbocycles. The van der Waals surface area contributed by atoms with Crippen LogP contribution in [0.1, 0.15) is 31.3 Å². The van der Waals surface area contributed by atoms with Crippen LogP contribution in [0.5, 0.6) is 0 Å². The Hall–Kier alpha value is -2.62. The van der Waals surface area contributed by atoms with Gasteiger partial charge in [0.25, 0.3) is 15.9 Å². The number of sulfonamides is 1. The number of carbonyl (C=O) groups excluding carboxylic acids is 1. The summed E-state index contributed by atoms with van der Waals surface area (Å²) in [6.45, 7) is 6.05. The second kappa shape index (κ2) is 10.3. The van der Waals surface area contributed by atoms with Crippen molar-refractivity contribution in [3.8, 4) is 0 Å². The third kappa shape index (κ3) is 5.59. The fourth-order valence-electron chi connectivity index (χ4n) is 2.89. The van der Waals surface area contributed by atoms with Gasteiger partial charge in [-0.05, 0) is 43.3 Å². The summed E-state index contributed by atoms with van der Waals surface area (Å²) in [5.41, 5.74) is 1.06. The maximum atomic E-state index is 13.1. The quantitative estimate of drug-likeness (QED) is 0.349. The average molecular weight is 491 g/mol. The van der Waals surface area contributed by atoms with Crippen LogP contribution in [0.15, 0.2) is 70.8 Å². The third-order valence-electron chi connectivity index (χ3n) is 4.31. The molecule has 168 valence electrons. The van der Waals surface area contributed by atoms with Gasteiger partial charge in [0.2, 0.25) is 0 Å². The van der Waals surface area contributed by atoms with Crippen molar-refractivity contribution in [3.05, 3.63) is 71.5 Å². The molecule has 0 aliphatic carbocycles. The van der Waals surface area contributed by atoms with E-state index in [1.54, 1.807) is 31.2 Å². The van der Waals surface area contributed by atoms with Gasteiger partial charge >= 0.3 is 0 Å². The van der Waals surface area contributed by atoms with E-state index in [2.05, 4.69) is 15.3 Å². The highest BCUT2D eigenvalue weighted by molar-refractivity contribution is 7.99. The molecule has 0 fully saturated rings. The lowest BCUT2D eigenvalue weighted by molar-refractivity contribution is 0.102. The van der Waals surface area contributed by atoms with Crippen molar-refractivity contribution in [1.29, 1.82) is 0 Å². The van der Waals surface area contributed by atoms with Gasteiger partial charge in [0.15, 0.2) is 10.9 Å². The maximum Gasteiger partial charge on any atom is 0.275 e. The SMILES string of the molecule is CCN(c1ccccc1)S(=O)(=O)c1ccc(NC(=O)c2nc(SC(C)C)ncc2Cl)cc1. The number of hydrogen-bond donors (Lipinski definition) is 1. The van der Waals surface area contributed by atoms with Crippen molar-refractivity contribution in [3.63, 3.8) is 0 Å². The van der Waals surface area contributed by atoms with Gasteiger partial charge in [-0.25, -0.2) is 18.4 Å². The Balaban J connectivity index is 1.79. The number of halogens is 1. The highest BCUT2D eigenvalue weighted by atomic mass is 35.5. The molecule has 0 atom stereocenters. The summed E-state index contributed by atoms with van der Waals surface area (Å²) in [7, 11) is -3.75. The zero-order chi connectivity index (χ0) is 23.3. The second-order valence-electron chi connectivity index (χ2n) is 7.00. The van der Waals surface area contributed by atoms with E-state index in [0.29, 0.717) is 16.5 Å². The molecular weight excluding hydrogens is 468 g/mol. The van der Waals surface area contributed by atoms with Crippen LogP contribution in [0.2, 0.25) is 5.02 Å². The topological polar surface area (TPSA) is 92.3 Å². The molecule has 0 unspecified atom stereocenters. The monoisotopic (exact) mass is 490 g/mol. The molecule has 32 heavy (non-hydrogen) atoms. The van der Waals surface area contributed by atoms with Gasteiger partial charge in [-0.3, -0.25) is 9.10 Å². The van der Waals surface area contributed by atoms with E-state index in [1.807, 2.05) is 19.9 Å². The number of aromatic nitrogens is 2. The van der Waals surface area contributed by atoms with Crippen LogP contribution in [0.4, 0.5) is 11.4 Å². The van der Waals surface area contributed by atoms with E-state index < -0.39 is 15.9 Å². The Morgan fingerprint density at radius 1 is 1.12 bits per heavy atom. The molecule has 1 heterocycles. The number of anilines is 2. The molecule has 3 rings (SSSR count). The van der Waals surface area contributed by atoms with Crippen LogP contribution in [0.3, 0.4) is 0 Å². The van der Waals surface area contributed by atoms with Crippen molar-refractivity contribution < 1.29 is 13.2 Å². The number of para-hydroxylation sites is 1. The van der Waals surface area contributed by atoms with Gasteiger partial charge in [0.1, 0.15) is 0 Å². The number of nitrogens with zero attached hydrogens (tertiary/aromatic N) is 3. The molecule has 0 aliphatic rings. The summed E-state index contributed by atoms with van der Waals surface area (Å²) in [6.07, 6.45) is 1.40. The number of rotatable bonds is 8.